The van der Waals surface area contributed by atoms with E-state index in [4.69, 9.17) is 48.0 Å². The number of hydrogen-bond donors (Lipinski definition) is 3. The van der Waals surface area contributed by atoms with Crippen molar-refractivity contribution in [1.82, 2.24) is 0 Å². The molecule has 2 saturated carbocycles. The Morgan fingerprint density at radius 1 is 0.528 bits per heavy atom. The summed E-state index contributed by atoms with van der Waals surface area (Å²) in [6, 6.07) is 33.6. The van der Waals surface area contributed by atoms with Gasteiger partial charge in [-0.05, 0) is 171 Å². The van der Waals surface area contributed by atoms with Crippen molar-refractivity contribution in [3.8, 4) is 11.5 Å². The van der Waals surface area contributed by atoms with E-state index in [1.54, 1.807) is 19.1 Å². The van der Waals surface area contributed by atoms with E-state index in [0.717, 1.165) is 65.0 Å². The predicted octanol–water partition coefficient (Wildman–Crippen LogP) is 13.8. The van der Waals surface area contributed by atoms with Gasteiger partial charge < -0.3 is 33.7 Å². The van der Waals surface area contributed by atoms with Gasteiger partial charge in [-0.25, -0.2) is 33.9 Å². The minimum atomic E-state index is -4.88. The largest absolute Gasteiger partial charge is 0.493 e. The van der Waals surface area contributed by atoms with E-state index in [9.17, 15) is 32.1 Å². The van der Waals surface area contributed by atoms with E-state index in [2.05, 4.69) is 50.5 Å². The fraction of sp³-hybridized carbons (Fsp3) is 0.507. The number of amides is 2. The second-order valence-corrected chi connectivity index (χ2v) is 26.3. The van der Waals surface area contributed by atoms with Crippen molar-refractivity contribution >= 4 is 45.4 Å². The van der Waals surface area contributed by atoms with Crippen LogP contribution < -0.4 is 20.1 Å². The Kier molecular flexibility index (Phi) is 25.2. The summed E-state index contributed by atoms with van der Waals surface area (Å²) in [7, 11) is -3.04. The quantitative estimate of drug-likeness (QED) is 0.00933. The topological polar surface area (TPSA) is 239 Å². The van der Waals surface area contributed by atoms with Crippen LogP contribution in [-0.2, 0) is 64.2 Å². The third-order valence-electron chi connectivity index (χ3n) is 17.5. The molecule has 89 heavy (non-hydrogen) atoms. The van der Waals surface area contributed by atoms with Gasteiger partial charge in [-0.2, -0.15) is 8.42 Å². The molecular weight excluding hydrogens is 1160 g/mol. The number of methoxy groups -OCH3 is 1. The summed E-state index contributed by atoms with van der Waals surface area (Å²) < 4.78 is 67.3. The molecular formula is C69H90N2O17S. The second kappa shape index (κ2) is 32.2. The van der Waals surface area contributed by atoms with E-state index in [0.29, 0.717) is 60.6 Å². The highest BCUT2D eigenvalue weighted by atomic mass is 32.2. The van der Waals surface area contributed by atoms with Crippen LogP contribution in [0.4, 0.5) is 16.2 Å². The first-order valence-corrected chi connectivity index (χ1v) is 32.2. The Morgan fingerprint density at radius 3 is 1.37 bits per heavy atom. The minimum absolute atomic E-state index is 0.0886. The average molecular weight is 1250 g/mol. The van der Waals surface area contributed by atoms with Gasteiger partial charge in [-0.3, -0.25) is 14.7 Å². The lowest BCUT2D eigenvalue weighted by Gasteiger charge is -2.46. The van der Waals surface area contributed by atoms with Gasteiger partial charge in [0.25, 0.3) is 10.1 Å². The molecule has 2 aliphatic rings. The molecule has 3 N–H and O–H groups in total. The van der Waals surface area contributed by atoms with Crippen LogP contribution in [0, 0.1) is 17.3 Å². The van der Waals surface area contributed by atoms with Gasteiger partial charge in [0.05, 0.1) is 53.7 Å². The van der Waals surface area contributed by atoms with Crippen LogP contribution in [0.15, 0.2) is 120 Å². The first-order valence-electron chi connectivity index (χ1n) is 30.8. The zero-order chi connectivity index (χ0) is 64.4. The lowest BCUT2D eigenvalue weighted by Crippen LogP contribution is -2.39. The molecule has 2 fully saturated rings. The van der Waals surface area contributed by atoms with Crippen molar-refractivity contribution in [2.45, 2.75) is 167 Å². The van der Waals surface area contributed by atoms with Crippen LogP contribution in [0.1, 0.15) is 169 Å². The van der Waals surface area contributed by atoms with Crippen molar-refractivity contribution in [2.75, 3.05) is 57.4 Å². The van der Waals surface area contributed by atoms with Crippen molar-refractivity contribution in [2.24, 2.45) is 17.3 Å². The van der Waals surface area contributed by atoms with Gasteiger partial charge in [0.15, 0.2) is 0 Å². The van der Waals surface area contributed by atoms with E-state index in [1.165, 1.54) is 45.4 Å². The molecule has 5 aromatic rings. The summed E-state index contributed by atoms with van der Waals surface area (Å²) in [6.07, 6.45) is 9.73. The monoisotopic (exact) mass is 1250 g/mol. The zero-order valence-corrected chi connectivity index (χ0v) is 54.0. The number of esters is 2. The summed E-state index contributed by atoms with van der Waals surface area (Å²) in [5, 5.41) is 5.36. The zero-order valence-electron chi connectivity index (χ0n) is 53.1. The molecule has 484 valence electrons. The highest BCUT2D eigenvalue weighted by Gasteiger charge is 2.41. The summed E-state index contributed by atoms with van der Waals surface area (Å²) in [5.41, 5.74) is 4.23. The number of anilines is 2. The normalized spacial score (nSPS) is 18.0. The van der Waals surface area contributed by atoms with Crippen LogP contribution in [0.3, 0.4) is 0 Å². The number of carbonyl (C=O) groups is 4. The maximum Gasteiger partial charge on any atom is 0.411 e. The van der Waals surface area contributed by atoms with Crippen LogP contribution >= 0.6 is 0 Å². The highest BCUT2D eigenvalue weighted by Crippen LogP contribution is 2.49. The van der Waals surface area contributed by atoms with Crippen LogP contribution in [-0.4, -0.2) is 108 Å². The van der Waals surface area contributed by atoms with Crippen LogP contribution in [0.2, 0.25) is 0 Å². The fourth-order valence-corrected chi connectivity index (χ4v) is 12.1. The van der Waals surface area contributed by atoms with Crippen molar-refractivity contribution in [1.29, 1.82) is 0 Å². The Morgan fingerprint density at radius 2 is 0.933 bits per heavy atom. The number of benzene rings is 5. The average Bonchev–Trinajstić information content (AvgIpc) is 1.54. The first-order chi connectivity index (χ1) is 42.3. The van der Waals surface area contributed by atoms with E-state index < -0.39 is 51.2 Å². The molecule has 5 aromatic carbocycles. The van der Waals surface area contributed by atoms with Gasteiger partial charge >= 0.3 is 18.0 Å². The molecule has 0 aliphatic heterocycles. The van der Waals surface area contributed by atoms with Gasteiger partial charge in [0, 0.05) is 49.1 Å². The van der Waals surface area contributed by atoms with E-state index in [-0.39, 0.29) is 54.5 Å². The Hall–Kier alpha value is -6.91. The van der Waals surface area contributed by atoms with Crippen molar-refractivity contribution in [3.63, 3.8) is 0 Å². The molecule has 0 radical (unpaired) electrons. The second-order valence-electron chi connectivity index (χ2n) is 24.9. The smallest absolute Gasteiger partial charge is 0.411 e. The molecule has 19 nitrogen and oxygen atoms in total. The number of rotatable bonds is 31. The fourth-order valence-electron chi connectivity index (χ4n) is 11.6. The van der Waals surface area contributed by atoms with Gasteiger partial charge in [-0.1, -0.05) is 90.1 Å². The molecule has 2 unspecified atom stereocenters. The molecule has 0 spiro atoms. The molecule has 2 amide bonds. The lowest BCUT2D eigenvalue weighted by molar-refractivity contribution is -0.354. The van der Waals surface area contributed by atoms with Crippen LogP contribution in [0.25, 0.3) is 0 Å². The molecule has 0 bridgehead atoms. The van der Waals surface area contributed by atoms with E-state index >= 15 is 0 Å². The maximum absolute atomic E-state index is 13.0. The van der Waals surface area contributed by atoms with Gasteiger partial charge in [0.1, 0.15) is 37.9 Å². The predicted molar refractivity (Wildman–Crippen MR) is 337 cm³/mol. The van der Waals surface area contributed by atoms with Crippen molar-refractivity contribution in [3.05, 3.63) is 149 Å². The molecule has 0 saturated heterocycles. The van der Waals surface area contributed by atoms with Crippen LogP contribution in [0.5, 0.6) is 11.5 Å². The Labute approximate surface area is 524 Å². The number of carbonyl (C=O) groups excluding carboxylic acids is 4. The molecule has 7 rings (SSSR count). The summed E-state index contributed by atoms with van der Waals surface area (Å²) in [6.45, 7) is 18.2. The summed E-state index contributed by atoms with van der Waals surface area (Å²) in [5.74, 6) is 0.712. The molecule has 2 aliphatic carbocycles. The van der Waals surface area contributed by atoms with Crippen molar-refractivity contribution < 1.29 is 80.1 Å². The first kappa shape index (κ1) is 69.6. The summed E-state index contributed by atoms with van der Waals surface area (Å²) in [4.78, 5) is 71.6. The SMILES string of the molecule is COC1CCC(C(C)(C)C2CCC(OOC(C)CCOc3ccc(C(C)(C)c4ccc(OCCC(C)OOCCOC(=O)c5cc(C(=O)OCCOC(=O)Nc6ccc(C(C)(C)c7ccc(NC(C)=O)cc7)cc6)cc(S(=O)(=O)O)c5)cc4)cc3)CC2)CC1. The molecule has 2 atom stereocenters. The third kappa shape index (κ3) is 20.6. The Bertz CT molecular complexity index is 3190. The lowest BCUT2D eigenvalue weighted by atomic mass is 9.60. The van der Waals surface area contributed by atoms with Gasteiger partial charge in [-0.15, -0.1) is 0 Å². The van der Waals surface area contributed by atoms with Gasteiger partial charge in [0.2, 0.25) is 5.91 Å². The number of hydrogen-bond acceptors (Lipinski definition) is 16. The maximum atomic E-state index is 13.0. The third-order valence-corrected chi connectivity index (χ3v) is 18.3. The minimum Gasteiger partial charge on any atom is -0.493 e. The summed E-state index contributed by atoms with van der Waals surface area (Å²) >= 11 is 0. The highest BCUT2D eigenvalue weighted by molar-refractivity contribution is 7.85. The standard InChI is InChI=1S/C69H90N2O17S/c1-46(35-37-80-60-29-17-54(18-30-60)69(8,9)55-19-31-61(32-20-55)81-38-36-47(2)87-88-62-33-21-56(22-34-62)68(6,7)53-15-27-59(79-10)28-16-53)86-85-42-41-83-65(74)50-43-49(44-63(45-50)89(76,77)78)64(73)82-39-40-84-66(75)71-58-25-13-52(14-26-58)67(4,5)51-11-23-57(24-12-51)70-48(3)72/h11-14,17-20,23-26,29-32,43-47,53,56,59,62H,15-16,21-22,27-28,33-42H2,1-10H3,(H,70,72)(H,71,75)(H,76,77,78). The molecule has 20 heteroatoms. The number of ether oxygens (including phenoxy) is 6. The number of nitrogens with one attached hydrogen (secondary N) is 2. The molecule has 0 heterocycles. The Balaban J connectivity index is 0.745. The molecule has 0 aromatic heterocycles. The van der Waals surface area contributed by atoms with E-state index in [1.807, 2.05) is 101 Å².